The molecule has 0 saturated carbocycles. The predicted octanol–water partition coefficient (Wildman–Crippen LogP) is 4.68. The number of benzene rings is 2. The molecule has 0 heterocycles. The number of amides is 1. The molecule has 0 spiro atoms. The van der Waals surface area contributed by atoms with Crippen molar-refractivity contribution in [2.75, 3.05) is 19.0 Å². The van der Waals surface area contributed by atoms with Crippen LogP contribution >= 0.6 is 0 Å². The Labute approximate surface area is 165 Å². The van der Waals surface area contributed by atoms with Gasteiger partial charge in [-0.15, -0.1) is 6.58 Å². The number of aryl methyl sites for hydroxylation is 1. The maximum atomic E-state index is 12.5. The maximum absolute atomic E-state index is 12.5. The minimum Gasteiger partial charge on any atom is -0.493 e. The number of carbonyl (C=O) groups excluding carboxylic acids is 1. The van der Waals surface area contributed by atoms with Gasteiger partial charge in [-0.2, -0.15) is 5.26 Å². The Kier molecular flexibility index (Phi) is 7.41. The number of nitrogens with zero attached hydrogens (tertiary/aromatic N) is 1. The van der Waals surface area contributed by atoms with Gasteiger partial charge in [-0.3, -0.25) is 4.79 Å². The Morgan fingerprint density at radius 2 is 2.11 bits per heavy atom. The molecule has 0 saturated heterocycles. The van der Waals surface area contributed by atoms with E-state index in [9.17, 15) is 10.1 Å². The van der Waals surface area contributed by atoms with E-state index in [-0.39, 0.29) is 5.57 Å². The highest BCUT2D eigenvalue weighted by molar-refractivity contribution is 6.09. The van der Waals surface area contributed by atoms with Crippen molar-refractivity contribution in [1.29, 1.82) is 5.26 Å². The van der Waals surface area contributed by atoms with Crippen molar-refractivity contribution >= 4 is 17.7 Å². The van der Waals surface area contributed by atoms with Gasteiger partial charge in [0.1, 0.15) is 11.6 Å². The topological polar surface area (TPSA) is 71.4 Å². The molecule has 0 atom stereocenters. The van der Waals surface area contributed by atoms with Crippen molar-refractivity contribution in [2.24, 2.45) is 0 Å². The summed E-state index contributed by atoms with van der Waals surface area (Å²) >= 11 is 0. The number of rotatable bonds is 8. The van der Waals surface area contributed by atoms with Crippen LogP contribution in [-0.4, -0.2) is 19.6 Å². The van der Waals surface area contributed by atoms with Crippen molar-refractivity contribution in [1.82, 2.24) is 0 Å². The number of anilines is 1. The Bertz CT molecular complexity index is 939. The molecule has 0 unspecified atom stereocenters. The lowest BCUT2D eigenvalue weighted by Crippen LogP contribution is -2.13. The lowest BCUT2D eigenvalue weighted by Gasteiger charge is -2.15. The highest BCUT2D eigenvalue weighted by atomic mass is 16.5. The van der Waals surface area contributed by atoms with Crippen LogP contribution in [0.2, 0.25) is 0 Å². The first-order valence-electron chi connectivity index (χ1n) is 8.96. The van der Waals surface area contributed by atoms with Gasteiger partial charge >= 0.3 is 0 Å². The van der Waals surface area contributed by atoms with E-state index in [1.54, 1.807) is 25.3 Å². The molecule has 5 heteroatoms. The van der Waals surface area contributed by atoms with E-state index in [1.807, 2.05) is 44.2 Å². The molecule has 144 valence electrons. The molecule has 28 heavy (non-hydrogen) atoms. The smallest absolute Gasteiger partial charge is 0.266 e. The first-order valence-corrected chi connectivity index (χ1v) is 8.96. The van der Waals surface area contributed by atoms with Gasteiger partial charge in [-0.05, 0) is 61.7 Å². The molecule has 0 aliphatic carbocycles. The van der Waals surface area contributed by atoms with E-state index in [2.05, 4.69) is 11.9 Å². The molecule has 5 nitrogen and oxygen atoms in total. The van der Waals surface area contributed by atoms with Gasteiger partial charge in [-0.1, -0.05) is 18.2 Å². The van der Waals surface area contributed by atoms with Gasteiger partial charge in [0.05, 0.1) is 13.7 Å². The molecule has 0 bridgehead atoms. The number of hydrogen-bond acceptors (Lipinski definition) is 4. The second-order valence-electron chi connectivity index (χ2n) is 6.13. The molecule has 2 rings (SSSR count). The van der Waals surface area contributed by atoms with Crippen LogP contribution in [0.1, 0.15) is 23.6 Å². The maximum Gasteiger partial charge on any atom is 0.266 e. The summed E-state index contributed by atoms with van der Waals surface area (Å²) in [5, 5.41) is 12.2. The zero-order valence-corrected chi connectivity index (χ0v) is 16.4. The lowest BCUT2D eigenvalue weighted by molar-refractivity contribution is -0.112. The highest BCUT2D eigenvalue weighted by Gasteiger charge is 2.14. The van der Waals surface area contributed by atoms with Crippen molar-refractivity contribution in [2.45, 2.75) is 20.3 Å². The zero-order chi connectivity index (χ0) is 20.5. The molecule has 0 aliphatic heterocycles. The van der Waals surface area contributed by atoms with E-state index < -0.39 is 5.91 Å². The van der Waals surface area contributed by atoms with Gasteiger partial charge in [0.25, 0.3) is 5.91 Å². The standard InChI is InChI=1S/C23H24N2O3/c1-5-8-18-12-17(14-21(27-4)22(18)28-6-2)13-19(15-24)23(26)25-20-10-7-9-16(3)11-20/h5,7,9-14H,1,6,8H2,2-4H3,(H,25,26)/b19-13+. The van der Waals surface area contributed by atoms with Gasteiger partial charge in [-0.25, -0.2) is 0 Å². The number of methoxy groups -OCH3 is 1. The van der Waals surface area contributed by atoms with Crippen LogP contribution in [0.25, 0.3) is 6.08 Å². The number of ether oxygens (including phenoxy) is 2. The fourth-order valence-corrected chi connectivity index (χ4v) is 2.77. The second-order valence-corrected chi connectivity index (χ2v) is 6.13. The molecule has 0 fully saturated rings. The van der Waals surface area contributed by atoms with E-state index in [1.165, 1.54) is 6.08 Å². The predicted molar refractivity (Wildman–Crippen MR) is 111 cm³/mol. The molecule has 0 aromatic heterocycles. The van der Waals surface area contributed by atoms with Crippen LogP contribution in [0.15, 0.2) is 54.6 Å². The minimum atomic E-state index is -0.466. The zero-order valence-electron chi connectivity index (χ0n) is 16.4. The van der Waals surface area contributed by atoms with Crippen LogP contribution in [0.5, 0.6) is 11.5 Å². The first-order chi connectivity index (χ1) is 13.5. The van der Waals surface area contributed by atoms with Crippen LogP contribution in [-0.2, 0) is 11.2 Å². The summed E-state index contributed by atoms with van der Waals surface area (Å²) in [7, 11) is 1.55. The lowest BCUT2D eigenvalue weighted by atomic mass is 10.0. The molecule has 0 aliphatic rings. The number of hydrogen-bond donors (Lipinski definition) is 1. The molecule has 1 amide bonds. The molecule has 1 N–H and O–H groups in total. The van der Waals surface area contributed by atoms with Crippen LogP contribution in [0.4, 0.5) is 5.69 Å². The van der Waals surface area contributed by atoms with Crippen molar-refractivity contribution < 1.29 is 14.3 Å². The van der Waals surface area contributed by atoms with Crippen LogP contribution in [0.3, 0.4) is 0 Å². The average Bonchev–Trinajstić information content (AvgIpc) is 2.67. The van der Waals surface area contributed by atoms with Crippen LogP contribution in [0, 0.1) is 18.3 Å². The normalized spacial score (nSPS) is 10.7. The highest BCUT2D eigenvalue weighted by Crippen LogP contribution is 2.34. The van der Waals surface area contributed by atoms with E-state index in [0.29, 0.717) is 35.8 Å². The number of nitriles is 1. The van der Waals surface area contributed by atoms with Crippen LogP contribution < -0.4 is 14.8 Å². The second kappa shape index (κ2) is 9.98. The summed E-state index contributed by atoms with van der Waals surface area (Å²) in [6.07, 6.45) is 3.88. The molecule has 0 radical (unpaired) electrons. The third-order valence-corrected chi connectivity index (χ3v) is 3.98. The van der Waals surface area contributed by atoms with E-state index >= 15 is 0 Å². The van der Waals surface area contributed by atoms with Gasteiger partial charge in [0, 0.05) is 11.3 Å². The van der Waals surface area contributed by atoms with Crippen molar-refractivity contribution in [3.8, 4) is 17.6 Å². The molecule has 2 aromatic carbocycles. The Balaban J connectivity index is 2.39. The van der Waals surface area contributed by atoms with E-state index in [4.69, 9.17) is 9.47 Å². The summed E-state index contributed by atoms with van der Waals surface area (Å²) in [6, 6.07) is 13.0. The van der Waals surface area contributed by atoms with Crippen molar-refractivity contribution in [3.63, 3.8) is 0 Å². The van der Waals surface area contributed by atoms with Gasteiger partial charge in [0.2, 0.25) is 0 Å². The summed E-state index contributed by atoms with van der Waals surface area (Å²) in [4.78, 5) is 12.5. The summed E-state index contributed by atoms with van der Waals surface area (Å²) in [5.74, 6) is 0.722. The summed E-state index contributed by atoms with van der Waals surface area (Å²) in [6.45, 7) is 8.10. The van der Waals surface area contributed by atoms with Gasteiger partial charge in [0.15, 0.2) is 11.5 Å². The Morgan fingerprint density at radius 3 is 2.71 bits per heavy atom. The summed E-state index contributed by atoms with van der Waals surface area (Å²) < 4.78 is 11.1. The fraction of sp³-hybridized carbons (Fsp3) is 0.217. The quantitative estimate of drug-likeness (QED) is 0.413. The monoisotopic (exact) mass is 376 g/mol. The Morgan fingerprint density at radius 1 is 1.32 bits per heavy atom. The third-order valence-electron chi connectivity index (χ3n) is 3.98. The van der Waals surface area contributed by atoms with Gasteiger partial charge < -0.3 is 14.8 Å². The number of nitrogens with one attached hydrogen (secondary N) is 1. The molecule has 2 aromatic rings. The van der Waals surface area contributed by atoms with Crippen molar-refractivity contribution in [3.05, 3.63) is 71.3 Å². The number of allylic oxidation sites excluding steroid dienone is 1. The largest absolute Gasteiger partial charge is 0.493 e. The SMILES string of the molecule is C=CCc1cc(/C=C(\C#N)C(=O)Nc2cccc(C)c2)cc(OC)c1OCC. The Hall–Kier alpha value is -3.52. The first kappa shape index (κ1) is 20.8. The fourth-order valence-electron chi connectivity index (χ4n) is 2.77. The van der Waals surface area contributed by atoms with E-state index in [0.717, 1.165) is 11.1 Å². The number of carbonyl (C=O) groups is 1. The summed E-state index contributed by atoms with van der Waals surface area (Å²) in [5.41, 5.74) is 3.21. The average molecular weight is 376 g/mol. The molecular formula is C23H24N2O3. The molecular weight excluding hydrogens is 352 g/mol. The third kappa shape index (κ3) is 5.24. The minimum absolute atomic E-state index is 0.00253.